The van der Waals surface area contributed by atoms with Gasteiger partial charge in [0.1, 0.15) is 23.8 Å². The molecular formula is C30H32F2N2O7. The quantitative estimate of drug-likeness (QED) is 0.301. The average molecular weight is 571 g/mol. The number of methoxy groups -OCH3 is 1. The van der Waals surface area contributed by atoms with E-state index in [-0.39, 0.29) is 48.0 Å². The number of pyridine rings is 1. The van der Waals surface area contributed by atoms with Crippen LogP contribution < -0.4 is 14.8 Å². The summed E-state index contributed by atoms with van der Waals surface area (Å²) in [5.41, 5.74) is 1.34. The van der Waals surface area contributed by atoms with E-state index in [9.17, 15) is 23.2 Å². The van der Waals surface area contributed by atoms with Crippen LogP contribution in [0.4, 0.5) is 8.78 Å². The van der Waals surface area contributed by atoms with Gasteiger partial charge in [-0.1, -0.05) is 24.3 Å². The van der Waals surface area contributed by atoms with Crippen molar-refractivity contribution < 1.29 is 42.1 Å². The topological polar surface area (TPSA) is 113 Å². The lowest BCUT2D eigenvalue weighted by molar-refractivity contribution is -0.154. The summed E-state index contributed by atoms with van der Waals surface area (Å²) in [6.07, 6.45) is 1.06. The third-order valence-corrected chi connectivity index (χ3v) is 6.14. The fraction of sp³-hybridized carbons (Fsp3) is 0.333. The monoisotopic (exact) mass is 570 g/mol. The number of ether oxygens (including phenoxy) is 4. The first-order chi connectivity index (χ1) is 19.6. The largest absolute Gasteiger partial charge is 0.493 e. The van der Waals surface area contributed by atoms with Crippen LogP contribution in [0.25, 0.3) is 0 Å². The molecule has 0 aliphatic heterocycles. The minimum absolute atomic E-state index is 0.119. The fourth-order valence-corrected chi connectivity index (χ4v) is 3.89. The highest BCUT2D eigenvalue weighted by Crippen LogP contribution is 2.29. The van der Waals surface area contributed by atoms with Crippen LogP contribution in [0, 0.1) is 17.6 Å². The molecular weight excluding hydrogens is 538 g/mol. The van der Waals surface area contributed by atoms with Gasteiger partial charge in [-0.3, -0.25) is 9.59 Å². The zero-order valence-corrected chi connectivity index (χ0v) is 23.2. The van der Waals surface area contributed by atoms with Crippen molar-refractivity contribution in [1.82, 2.24) is 10.3 Å². The van der Waals surface area contributed by atoms with E-state index in [2.05, 4.69) is 10.3 Å². The first-order valence-corrected chi connectivity index (χ1v) is 12.9. The van der Waals surface area contributed by atoms with Crippen molar-refractivity contribution in [3.05, 3.63) is 89.2 Å². The van der Waals surface area contributed by atoms with Gasteiger partial charge in [0.2, 0.25) is 5.75 Å². The fourth-order valence-electron chi connectivity index (χ4n) is 3.89. The number of nitrogens with zero attached hydrogens (tertiary/aromatic N) is 1. The molecule has 1 amide bonds. The summed E-state index contributed by atoms with van der Waals surface area (Å²) in [6.45, 7) is 4.71. The Balaban J connectivity index is 1.67. The third-order valence-electron chi connectivity index (χ3n) is 6.14. The highest BCUT2D eigenvalue weighted by atomic mass is 19.1. The van der Waals surface area contributed by atoms with Gasteiger partial charge >= 0.3 is 11.9 Å². The molecule has 1 aromatic heterocycles. The second kappa shape index (κ2) is 14.8. The molecule has 11 heteroatoms. The zero-order chi connectivity index (χ0) is 29.9. The molecule has 3 rings (SSSR count). The molecule has 3 atom stereocenters. The lowest BCUT2D eigenvalue weighted by atomic mass is 9.95. The second-order valence-electron chi connectivity index (χ2n) is 9.35. The molecule has 0 fully saturated rings. The number of benzene rings is 2. The Morgan fingerprint density at radius 1 is 0.927 bits per heavy atom. The Bertz CT molecular complexity index is 1330. The van der Waals surface area contributed by atoms with Gasteiger partial charge < -0.3 is 24.3 Å². The van der Waals surface area contributed by atoms with Gasteiger partial charge in [0.25, 0.3) is 5.91 Å². The number of nitrogens with one attached hydrogen (secondary N) is 1. The van der Waals surface area contributed by atoms with Crippen LogP contribution in [0.15, 0.2) is 60.8 Å². The normalized spacial score (nSPS) is 13.0. The molecule has 0 aliphatic carbocycles. The summed E-state index contributed by atoms with van der Waals surface area (Å²) >= 11 is 0. The van der Waals surface area contributed by atoms with E-state index in [0.717, 1.165) is 11.1 Å². The molecule has 0 unspecified atom stereocenters. The Morgan fingerprint density at radius 3 is 2.12 bits per heavy atom. The maximum Gasteiger partial charge on any atom is 0.328 e. The molecule has 2 aromatic carbocycles. The maximum absolute atomic E-state index is 13.4. The SMILES string of the molecule is COc1ccnc(C(=O)N[C@@H](C)C(=O)O[C@@H](C)[C@@H](COCc2ccc(F)cc2)Cc2ccc(F)cc2)c1OC(C)=O. The molecule has 0 bridgehead atoms. The van der Waals surface area contributed by atoms with Crippen LogP contribution in [0.1, 0.15) is 42.4 Å². The molecule has 1 heterocycles. The highest BCUT2D eigenvalue weighted by molar-refractivity contribution is 5.98. The van der Waals surface area contributed by atoms with Crippen molar-refractivity contribution >= 4 is 17.8 Å². The summed E-state index contributed by atoms with van der Waals surface area (Å²) in [5, 5.41) is 2.50. The molecule has 0 radical (unpaired) electrons. The average Bonchev–Trinajstić information content (AvgIpc) is 2.94. The van der Waals surface area contributed by atoms with Crippen LogP contribution in [0.2, 0.25) is 0 Å². The molecule has 0 aliphatic rings. The zero-order valence-electron chi connectivity index (χ0n) is 23.2. The molecule has 0 spiro atoms. The van der Waals surface area contributed by atoms with E-state index in [1.54, 1.807) is 31.2 Å². The van der Waals surface area contributed by atoms with Gasteiger partial charge in [0, 0.05) is 25.1 Å². The van der Waals surface area contributed by atoms with Crippen molar-refractivity contribution in [1.29, 1.82) is 0 Å². The second-order valence-corrected chi connectivity index (χ2v) is 9.35. The summed E-state index contributed by atoms with van der Waals surface area (Å²) in [5.74, 6) is -3.28. The molecule has 0 saturated carbocycles. The highest BCUT2D eigenvalue weighted by Gasteiger charge is 2.28. The number of hydrogen-bond donors (Lipinski definition) is 1. The van der Waals surface area contributed by atoms with E-state index in [0.29, 0.717) is 6.42 Å². The lowest BCUT2D eigenvalue weighted by Crippen LogP contribution is -2.42. The minimum Gasteiger partial charge on any atom is -0.493 e. The number of aromatic nitrogens is 1. The van der Waals surface area contributed by atoms with Crippen LogP contribution in [-0.4, -0.2) is 48.7 Å². The molecule has 0 saturated heterocycles. The number of hydrogen-bond acceptors (Lipinski definition) is 8. The predicted molar refractivity (Wildman–Crippen MR) is 144 cm³/mol. The number of carbonyl (C=O) groups is 3. The van der Waals surface area contributed by atoms with E-state index < -0.39 is 30.0 Å². The van der Waals surface area contributed by atoms with Crippen molar-refractivity contribution in [2.75, 3.05) is 13.7 Å². The van der Waals surface area contributed by atoms with Crippen molar-refractivity contribution in [2.45, 2.75) is 45.9 Å². The van der Waals surface area contributed by atoms with Gasteiger partial charge in [-0.25, -0.2) is 18.6 Å². The molecule has 3 aromatic rings. The Labute approximate surface area is 236 Å². The lowest BCUT2D eigenvalue weighted by Gasteiger charge is -2.26. The molecule has 1 N–H and O–H groups in total. The standard InChI is InChI=1S/C30H32F2N2O7/c1-18(34-29(36)27-28(41-20(3)35)26(38-4)13-14-33-27)30(37)40-19(2)23(15-21-5-9-24(31)10-6-21)17-39-16-22-7-11-25(32)12-8-22/h5-14,18-19,23H,15-17H2,1-4H3,(H,34,36)/t18-,19-,23+/m0/s1. The first kappa shape index (κ1) is 31.2. The van der Waals surface area contributed by atoms with Gasteiger partial charge in [-0.2, -0.15) is 0 Å². The summed E-state index contributed by atoms with van der Waals surface area (Å²) in [4.78, 5) is 41.4. The van der Waals surface area contributed by atoms with E-state index in [4.69, 9.17) is 18.9 Å². The van der Waals surface area contributed by atoms with Crippen LogP contribution in [-0.2, 0) is 32.1 Å². The van der Waals surface area contributed by atoms with Gasteiger partial charge in [0.05, 0.1) is 20.3 Å². The number of carbonyl (C=O) groups excluding carboxylic acids is 3. The number of amides is 1. The smallest absolute Gasteiger partial charge is 0.328 e. The summed E-state index contributed by atoms with van der Waals surface area (Å²) < 4.78 is 48.4. The third kappa shape index (κ3) is 9.35. The first-order valence-electron chi connectivity index (χ1n) is 12.9. The van der Waals surface area contributed by atoms with Crippen LogP contribution in [0.5, 0.6) is 11.5 Å². The van der Waals surface area contributed by atoms with Gasteiger partial charge in [-0.15, -0.1) is 0 Å². The van der Waals surface area contributed by atoms with Gasteiger partial charge in [0.15, 0.2) is 11.4 Å². The van der Waals surface area contributed by atoms with Crippen LogP contribution in [0.3, 0.4) is 0 Å². The Kier molecular flexibility index (Phi) is 11.3. The van der Waals surface area contributed by atoms with Crippen molar-refractivity contribution in [3.63, 3.8) is 0 Å². The Hall–Kier alpha value is -4.38. The molecule has 218 valence electrons. The Morgan fingerprint density at radius 2 is 1.54 bits per heavy atom. The number of halogens is 2. The number of rotatable bonds is 13. The molecule has 9 nitrogen and oxygen atoms in total. The number of esters is 2. The summed E-state index contributed by atoms with van der Waals surface area (Å²) in [6, 6.07) is 12.2. The van der Waals surface area contributed by atoms with Crippen LogP contribution >= 0.6 is 0 Å². The van der Waals surface area contributed by atoms with E-state index in [1.165, 1.54) is 57.5 Å². The predicted octanol–water partition coefficient (Wildman–Crippen LogP) is 4.42. The maximum atomic E-state index is 13.4. The van der Waals surface area contributed by atoms with Crippen molar-refractivity contribution in [3.8, 4) is 11.5 Å². The minimum atomic E-state index is -1.09. The summed E-state index contributed by atoms with van der Waals surface area (Å²) in [7, 11) is 1.34. The molecule has 41 heavy (non-hydrogen) atoms. The van der Waals surface area contributed by atoms with Crippen molar-refractivity contribution in [2.24, 2.45) is 5.92 Å². The van der Waals surface area contributed by atoms with E-state index >= 15 is 0 Å². The van der Waals surface area contributed by atoms with Gasteiger partial charge in [-0.05, 0) is 55.7 Å². The van der Waals surface area contributed by atoms with E-state index in [1.807, 2.05) is 0 Å².